The van der Waals surface area contributed by atoms with E-state index >= 15 is 0 Å². The van der Waals surface area contributed by atoms with E-state index in [2.05, 4.69) is 33.6 Å². The lowest BCUT2D eigenvalue weighted by atomic mass is 9.92. The van der Waals surface area contributed by atoms with Gasteiger partial charge < -0.3 is 9.80 Å². The topological polar surface area (TPSA) is 45.2 Å². The molecule has 0 amide bonds. The minimum absolute atomic E-state index is 0.307. The Balaban J connectivity index is 1.90. The number of nitrogens with zero attached hydrogens (tertiary/aromatic N) is 5. The highest BCUT2D eigenvalue weighted by Crippen LogP contribution is 2.38. The summed E-state index contributed by atoms with van der Waals surface area (Å²) >= 11 is 6.15. The highest BCUT2D eigenvalue weighted by Gasteiger charge is 2.36. The van der Waals surface area contributed by atoms with E-state index in [1.165, 1.54) is 32.1 Å². The summed E-state index contributed by atoms with van der Waals surface area (Å²) in [5, 5.41) is 0.307. The van der Waals surface area contributed by atoms with Crippen LogP contribution in [0.5, 0.6) is 0 Å². The molecule has 0 spiro atoms. The van der Waals surface area contributed by atoms with E-state index in [1.54, 1.807) is 0 Å². The molecular weight excluding hydrogens is 286 g/mol. The first-order valence-corrected chi connectivity index (χ1v) is 8.53. The Hall–Kier alpha value is -1.10. The molecule has 0 N–H and O–H groups in total. The Bertz CT molecular complexity index is 491. The predicted octanol–water partition coefficient (Wildman–Crippen LogP) is 3.14. The normalized spacial score (nSPS) is 25.0. The van der Waals surface area contributed by atoms with Crippen LogP contribution in [0.15, 0.2) is 0 Å². The molecule has 116 valence electrons. The summed E-state index contributed by atoms with van der Waals surface area (Å²) in [6, 6.07) is 0.599. The molecule has 0 bridgehead atoms. The van der Waals surface area contributed by atoms with Crippen LogP contribution in [-0.2, 0) is 0 Å². The van der Waals surface area contributed by atoms with Gasteiger partial charge in [-0.25, -0.2) is 0 Å². The van der Waals surface area contributed by atoms with Gasteiger partial charge in [0.05, 0.1) is 0 Å². The fraction of sp³-hybridized carbons (Fsp3) is 0.800. The first kappa shape index (κ1) is 14.8. The molecule has 2 unspecified atom stereocenters. The van der Waals surface area contributed by atoms with Gasteiger partial charge >= 0.3 is 0 Å². The lowest BCUT2D eigenvalue weighted by Crippen LogP contribution is -2.43. The molecule has 1 saturated carbocycles. The number of hydrogen-bond acceptors (Lipinski definition) is 5. The molecule has 0 radical (unpaired) electrons. The van der Waals surface area contributed by atoms with Crippen molar-refractivity contribution < 1.29 is 0 Å². The zero-order valence-corrected chi connectivity index (χ0v) is 13.7. The summed E-state index contributed by atoms with van der Waals surface area (Å²) in [5.41, 5.74) is 0. The average molecular weight is 310 g/mol. The van der Waals surface area contributed by atoms with Crippen LogP contribution in [0.1, 0.15) is 46.0 Å². The van der Waals surface area contributed by atoms with E-state index in [4.69, 9.17) is 16.6 Å². The molecule has 2 fully saturated rings. The average Bonchev–Trinajstić information content (AvgIpc) is 2.96. The van der Waals surface area contributed by atoms with Crippen molar-refractivity contribution in [2.75, 3.05) is 29.4 Å². The minimum Gasteiger partial charge on any atom is -0.341 e. The van der Waals surface area contributed by atoms with Crippen LogP contribution in [0.4, 0.5) is 11.9 Å². The fourth-order valence-corrected chi connectivity index (χ4v) is 3.96. The largest absolute Gasteiger partial charge is 0.341 e. The van der Waals surface area contributed by atoms with E-state index in [1.807, 2.05) is 0 Å². The molecule has 2 atom stereocenters. The van der Waals surface area contributed by atoms with Crippen molar-refractivity contribution in [1.29, 1.82) is 0 Å². The molecule has 2 aliphatic rings. The van der Waals surface area contributed by atoms with Gasteiger partial charge in [0, 0.05) is 25.7 Å². The van der Waals surface area contributed by atoms with Crippen LogP contribution < -0.4 is 9.80 Å². The lowest BCUT2D eigenvalue weighted by molar-refractivity contribution is 0.358. The summed E-state index contributed by atoms with van der Waals surface area (Å²) in [6.07, 6.45) is 6.51. The fourth-order valence-electron chi connectivity index (χ4n) is 3.81. The van der Waals surface area contributed by atoms with E-state index in [0.29, 0.717) is 17.3 Å². The molecule has 6 heteroatoms. The van der Waals surface area contributed by atoms with Crippen molar-refractivity contribution in [3.63, 3.8) is 0 Å². The van der Waals surface area contributed by atoms with Crippen LogP contribution in [0.3, 0.4) is 0 Å². The van der Waals surface area contributed by atoms with E-state index in [-0.39, 0.29) is 0 Å². The van der Waals surface area contributed by atoms with Crippen LogP contribution >= 0.6 is 11.6 Å². The van der Waals surface area contributed by atoms with Gasteiger partial charge in [0.25, 0.3) is 0 Å². The number of piperidine rings is 1. The molecular formula is C15H24ClN5. The number of aromatic nitrogens is 3. The molecule has 1 aliphatic carbocycles. The van der Waals surface area contributed by atoms with E-state index in [9.17, 15) is 0 Å². The van der Waals surface area contributed by atoms with Crippen molar-refractivity contribution in [1.82, 2.24) is 15.0 Å². The predicted molar refractivity (Wildman–Crippen MR) is 86.1 cm³/mol. The van der Waals surface area contributed by atoms with Crippen LogP contribution in [0, 0.1) is 5.92 Å². The zero-order valence-electron chi connectivity index (χ0n) is 12.9. The number of hydrogen-bond donors (Lipinski definition) is 0. The van der Waals surface area contributed by atoms with Crippen molar-refractivity contribution in [3.8, 4) is 0 Å². The summed E-state index contributed by atoms with van der Waals surface area (Å²) < 4.78 is 0. The number of rotatable bonds is 4. The molecule has 3 rings (SSSR count). The number of halogens is 1. The minimum atomic E-state index is 0.307. The van der Waals surface area contributed by atoms with Crippen molar-refractivity contribution >= 4 is 23.5 Å². The van der Waals surface area contributed by atoms with Gasteiger partial charge in [0.2, 0.25) is 17.2 Å². The zero-order chi connectivity index (χ0) is 14.8. The lowest BCUT2D eigenvalue weighted by Gasteiger charge is -2.38. The van der Waals surface area contributed by atoms with Gasteiger partial charge in [-0.15, -0.1) is 0 Å². The maximum Gasteiger partial charge on any atom is 0.231 e. The monoisotopic (exact) mass is 309 g/mol. The van der Waals surface area contributed by atoms with Gasteiger partial charge in [0.15, 0.2) is 0 Å². The van der Waals surface area contributed by atoms with E-state index < -0.39 is 0 Å². The summed E-state index contributed by atoms with van der Waals surface area (Å²) in [5.74, 6) is 2.29. The number of anilines is 2. The van der Waals surface area contributed by atoms with Gasteiger partial charge in [-0.1, -0.05) is 6.42 Å². The highest BCUT2D eigenvalue weighted by atomic mass is 35.5. The molecule has 2 heterocycles. The second kappa shape index (κ2) is 6.34. The smallest absolute Gasteiger partial charge is 0.231 e. The Morgan fingerprint density at radius 2 is 1.86 bits per heavy atom. The Morgan fingerprint density at radius 1 is 1.10 bits per heavy atom. The molecule has 1 aliphatic heterocycles. The molecule has 1 aromatic heterocycles. The SMILES string of the molecule is CCN(CC)c1nc(Cl)nc(N2CCCC3CCCC32)n1. The van der Waals surface area contributed by atoms with Crippen molar-refractivity contribution in [2.24, 2.45) is 5.92 Å². The molecule has 21 heavy (non-hydrogen) atoms. The van der Waals surface area contributed by atoms with Gasteiger partial charge in [-0.3, -0.25) is 0 Å². The third kappa shape index (κ3) is 2.93. The maximum absolute atomic E-state index is 6.15. The second-order valence-corrected chi connectivity index (χ2v) is 6.31. The Labute approximate surface area is 131 Å². The van der Waals surface area contributed by atoms with Crippen molar-refractivity contribution in [2.45, 2.75) is 52.0 Å². The third-order valence-corrected chi connectivity index (χ3v) is 5.05. The molecule has 1 aromatic rings. The second-order valence-electron chi connectivity index (χ2n) is 5.97. The van der Waals surface area contributed by atoms with E-state index in [0.717, 1.165) is 31.5 Å². The quantitative estimate of drug-likeness (QED) is 0.855. The summed E-state index contributed by atoms with van der Waals surface area (Å²) in [6.45, 7) is 7.01. The summed E-state index contributed by atoms with van der Waals surface area (Å²) in [7, 11) is 0. The first-order valence-electron chi connectivity index (χ1n) is 8.16. The van der Waals surface area contributed by atoms with Gasteiger partial charge in [0.1, 0.15) is 0 Å². The molecule has 0 aromatic carbocycles. The van der Waals surface area contributed by atoms with Gasteiger partial charge in [-0.2, -0.15) is 15.0 Å². The third-order valence-electron chi connectivity index (χ3n) is 4.88. The van der Waals surface area contributed by atoms with Gasteiger partial charge in [-0.05, 0) is 57.0 Å². The van der Waals surface area contributed by atoms with Crippen LogP contribution in [0.2, 0.25) is 5.28 Å². The van der Waals surface area contributed by atoms with Crippen LogP contribution in [-0.4, -0.2) is 40.6 Å². The number of fused-ring (bicyclic) bond motifs is 1. The summed E-state index contributed by atoms with van der Waals surface area (Å²) in [4.78, 5) is 17.9. The van der Waals surface area contributed by atoms with Crippen LogP contribution in [0.25, 0.3) is 0 Å². The van der Waals surface area contributed by atoms with Crippen molar-refractivity contribution in [3.05, 3.63) is 5.28 Å². The maximum atomic E-state index is 6.15. The Kier molecular flexibility index (Phi) is 4.48. The molecule has 1 saturated heterocycles. The highest BCUT2D eigenvalue weighted by molar-refractivity contribution is 6.28. The Morgan fingerprint density at radius 3 is 2.62 bits per heavy atom. The molecule has 5 nitrogen and oxygen atoms in total. The first-order chi connectivity index (χ1) is 10.2. The standard InChI is InChI=1S/C15H24ClN5/c1-3-20(4-2)14-17-13(16)18-15(19-14)21-10-6-8-11-7-5-9-12(11)21/h11-12H,3-10H2,1-2H3.